The Kier molecular flexibility index (Phi) is 3.96. The van der Waals surface area contributed by atoms with Crippen molar-refractivity contribution in [2.24, 2.45) is 0 Å². The number of aromatic nitrogens is 3. The molecule has 0 atom stereocenters. The van der Waals surface area contributed by atoms with E-state index in [9.17, 15) is 4.79 Å². The zero-order valence-electron chi connectivity index (χ0n) is 14.9. The highest BCUT2D eigenvalue weighted by Crippen LogP contribution is 2.25. The number of benzene rings is 2. The largest absolute Gasteiger partial charge is 0.358 e. The standard InChI is InChI=1S/C20H19ClN4O/c1-11-12(2)22-19-14(11)5-4-6-15(19)20(26)25(3)10-18-23-16-8-7-13(21)9-17(16)24-18/h4-9,22H,10H2,1-3H3,(H,23,24). The second kappa shape index (κ2) is 6.18. The number of amides is 1. The molecule has 2 N–H and O–H groups in total. The van der Waals surface area contributed by atoms with E-state index in [-0.39, 0.29) is 5.91 Å². The van der Waals surface area contributed by atoms with Gasteiger partial charge in [-0.25, -0.2) is 4.98 Å². The van der Waals surface area contributed by atoms with Gasteiger partial charge in [-0.05, 0) is 43.7 Å². The number of carbonyl (C=O) groups excluding carboxylic acids is 1. The third-order valence-electron chi connectivity index (χ3n) is 4.80. The average Bonchev–Trinajstić information content (AvgIpc) is 3.14. The fraction of sp³-hybridized carbons (Fsp3) is 0.200. The summed E-state index contributed by atoms with van der Waals surface area (Å²) in [4.78, 5) is 25.8. The molecule has 0 fully saturated rings. The topological polar surface area (TPSA) is 64.8 Å². The van der Waals surface area contributed by atoms with Gasteiger partial charge in [0, 0.05) is 23.2 Å². The Morgan fingerprint density at radius 1 is 1.19 bits per heavy atom. The molecule has 4 aromatic rings. The van der Waals surface area contributed by atoms with Crippen molar-refractivity contribution in [1.29, 1.82) is 0 Å². The fourth-order valence-electron chi connectivity index (χ4n) is 3.27. The quantitative estimate of drug-likeness (QED) is 0.557. The van der Waals surface area contributed by atoms with Crippen LogP contribution in [0.2, 0.25) is 5.02 Å². The summed E-state index contributed by atoms with van der Waals surface area (Å²) >= 11 is 6.02. The number of carbonyl (C=O) groups is 1. The predicted octanol–water partition coefficient (Wildman–Crippen LogP) is 4.59. The van der Waals surface area contributed by atoms with Crippen molar-refractivity contribution >= 4 is 39.4 Å². The predicted molar refractivity (Wildman–Crippen MR) is 105 cm³/mol. The van der Waals surface area contributed by atoms with Gasteiger partial charge in [0.15, 0.2) is 0 Å². The van der Waals surface area contributed by atoms with Crippen LogP contribution in [0.1, 0.15) is 27.4 Å². The van der Waals surface area contributed by atoms with Gasteiger partial charge in [-0.15, -0.1) is 0 Å². The molecule has 2 heterocycles. The molecule has 0 unspecified atom stereocenters. The molecular formula is C20H19ClN4O. The molecule has 132 valence electrons. The molecule has 0 aliphatic heterocycles. The zero-order chi connectivity index (χ0) is 18.4. The highest BCUT2D eigenvalue weighted by molar-refractivity contribution is 6.31. The third kappa shape index (κ3) is 2.74. The number of rotatable bonds is 3. The molecule has 6 heteroatoms. The smallest absolute Gasteiger partial charge is 0.256 e. The maximum absolute atomic E-state index is 13.0. The van der Waals surface area contributed by atoms with Crippen LogP contribution in [-0.2, 0) is 6.54 Å². The molecule has 4 rings (SSSR count). The van der Waals surface area contributed by atoms with E-state index in [2.05, 4.69) is 21.9 Å². The highest BCUT2D eigenvalue weighted by atomic mass is 35.5. The van der Waals surface area contributed by atoms with E-state index in [1.54, 1.807) is 18.0 Å². The van der Waals surface area contributed by atoms with Crippen LogP contribution in [0, 0.1) is 13.8 Å². The van der Waals surface area contributed by atoms with Crippen molar-refractivity contribution in [3.63, 3.8) is 0 Å². The first-order valence-corrected chi connectivity index (χ1v) is 8.79. The molecule has 2 aromatic carbocycles. The number of hydrogen-bond acceptors (Lipinski definition) is 2. The summed E-state index contributed by atoms with van der Waals surface area (Å²) < 4.78 is 0. The first kappa shape index (κ1) is 16.7. The minimum absolute atomic E-state index is 0.0460. The molecule has 5 nitrogen and oxygen atoms in total. The Morgan fingerprint density at radius 2 is 2.00 bits per heavy atom. The number of hydrogen-bond donors (Lipinski definition) is 2. The first-order chi connectivity index (χ1) is 12.4. The van der Waals surface area contributed by atoms with Gasteiger partial charge in [0.05, 0.1) is 28.7 Å². The Hall–Kier alpha value is -2.79. The van der Waals surface area contributed by atoms with Crippen LogP contribution in [0.15, 0.2) is 36.4 Å². The lowest BCUT2D eigenvalue weighted by Crippen LogP contribution is -2.27. The third-order valence-corrected chi connectivity index (χ3v) is 5.04. The first-order valence-electron chi connectivity index (χ1n) is 8.41. The molecule has 0 aliphatic carbocycles. The van der Waals surface area contributed by atoms with Gasteiger partial charge in [0.25, 0.3) is 5.91 Å². The van der Waals surface area contributed by atoms with Gasteiger partial charge >= 0.3 is 0 Å². The molecule has 0 spiro atoms. The maximum Gasteiger partial charge on any atom is 0.256 e. The number of para-hydroxylation sites is 1. The molecule has 1 amide bonds. The van der Waals surface area contributed by atoms with Crippen LogP contribution in [0.3, 0.4) is 0 Å². The van der Waals surface area contributed by atoms with Gasteiger partial charge in [0.1, 0.15) is 5.82 Å². The summed E-state index contributed by atoms with van der Waals surface area (Å²) in [6.45, 7) is 4.47. The number of nitrogens with one attached hydrogen (secondary N) is 2. The highest BCUT2D eigenvalue weighted by Gasteiger charge is 2.18. The van der Waals surface area contributed by atoms with Crippen molar-refractivity contribution in [3.8, 4) is 0 Å². The molecule has 0 bridgehead atoms. The number of aromatic amines is 2. The van der Waals surface area contributed by atoms with Crippen LogP contribution in [-0.4, -0.2) is 32.8 Å². The van der Waals surface area contributed by atoms with E-state index in [1.807, 2.05) is 37.3 Å². The Morgan fingerprint density at radius 3 is 2.81 bits per heavy atom. The molecule has 2 aromatic heterocycles. The second-order valence-electron chi connectivity index (χ2n) is 6.61. The van der Waals surface area contributed by atoms with Gasteiger partial charge in [0.2, 0.25) is 0 Å². The molecule has 0 saturated carbocycles. The Bertz CT molecular complexity index is 1140. The number of aryl methyl sites for hydroxylation is 2. The van der Waals surface area contributed by atoms with E-state index < -0.39 is 0 Å². The molecule has 26 heavy (non-hydrogen) atoms. The minimum atomic E-state index is -0.0460. The number of nitrogens with zero attached hydrogens (tertiary/aromatic N) is 2. The van der Waals surface area contributed by atoms with Gasteiger partial charge in [-0.1, -0.05) is 23.7 Å². The van der Waals surface area contributed by atoms with Crippen LogP contribution < -0.4 is 0 Å². The normalized spacial score (nSPS) is 11.4. The van der Waals surface area contributed by atoms with Crippen molar-refractivity contribution in [1.82, 2.24) is 19.9 Å². The monoisotopic (exact) mass is 366 g/mol. The Labute approximate surface area is 156 Å². The number of halogens is 1. The molecular weight excluding hydrogens is 348 g/mol. The summed E-state index contributed by atoms with van der Waals surface area (Å²) in [6.07, 6.45) is 0. The minimum Gasteiger partial charge on any atom is -0.358 e. The Balaban J connectivity index is 1.64. The second-order valence-corrected chi connectivity index (χ2v) is 7.05. The molecule has 0 saturated heterocycles. The van der Waals surface area contributed by atoms with E-state index in [4.69, 9.17) is 11.6 Å². The van der Waals surface area contributed by atoms with E-state index in [1.165, 1.54) is 5.56 Å². The number of fused-ring (bicyclic) bond motifs is 2. The number of imidazole rings is 1. The SMILES string of the molecule is Cc1[nH]c2c(C(=O)N(C)Cc3nc4ccc(Cl)cc4[nH]3)cccc2c1C. The summed E-state index contributed by atoms with van der Waals surface area (Å²) in [5, 5.41) is 1.74. The van der Waals surface area contributed by atoms with Crippen molar-refractivity contribution in [3.05, 3.63) is 64.1 Å². The van der Waals surface area contributed by atoms with Crippen molar-refractivity contribution in [2.75, 3.05) is 7.05 Å². The fourth-order valence-corrected chi connectivity index (χ4v) is 3.44. The number of H-pyrrole nitrogens is 2. The van der Waals surface area contributed by atoms with E-state index in [0.717, 1.165) is 33.5 Å². The summed E-state index contributed by atoms with van der Waals surface area (Å²) in [5.41, 5.74) is 5.51. The van der Waals surface area contributed by atoms with Gasteiger partial charge in [-0.3, -0.25) is 4.79 Å². The average molecular weight is 367 g/mol. The van der Waals surface area contributed by atoms with Crippen LogP contribution in [0.5, 0.6) is 0 Å². The van der Waals surface area contributed by atoms with Crippen molar-refractivity contribution < 1.29 is 4.79 Å². The lowest BCUT2D eigenvalue weighted by Gasteiger charge is -2.16. The summed E-state index contributed by atoms with van der Waals surface area (Å²) in [7, 11) is 1.78. The lowest BCUT2D eigenvalue weighted by molar-refractivity contribution is 0.0783. The molecule has 0 radical (unpaired) electrons. The van der Waals surface area contributed by atoms with Crippen LogP contribution in [0.25, 0.3) is 21.9 Å². The lowest BCUT2D eigenvalue weighted by atomic mass is 10.1. The summed E-state index contributed by atoms with van der Waals surface area (Å²) in [5.74, 6) is 0.680. The van der Waals surface area contributed by atoms with Crippen LogP contribution in [0.4, 0.5) is 0 Å². The van der Waals surface area contributed by atoms with Crippen molar-refractivity contribution in [2.45, 2.75) is 20.4 Å². The maximum atomic E-state index is 13.0. The van der Waals surface area contributed by atoms with Gasteiger partial charge in [-0.2, -0.15) is 0 Å². The zero-order valence-corrected chi connectivity index (χ0v) is 15.6. The van der Waals surface area contributed by atoms with Crippen LogP contribution >= 0.6 is 11.6 Å². The van der Waals surface area contributed by atoms with E-state index >= 15 is 0 Å². The van der Waals surface area contributed by atoms with Gasteiger partial charge < -0.3 is 14.9 Å². The van der Waals surface area contributed by atoms with E-state index in [0.29, 0.717) is 17.1 Å². The summed E-state index contributed by atoms with van der Waals surface area (Å²) in [6, 6.07) is 11.3. The molecule has 0 aliphatic rings.